The van der Waals surface area contributed by atoms with Gasteiger partial charge in [0.05, 0.1) is 6.61 Å². The molecule has 0 radical (unpaired) electrons. The third kappa shape index (κ3) is 7.06. The molecule has 0 spiro atoms. The fraction of sp³-hybridized carbons (Fsp3) is 0.333. The maximum atomic E-state index is 14.4. The number of unbranched alkanes of at least 4 members (excludes halogenated alkanes) is 1. The fourth-order valence-electron chi connectivity index (χ4n) is 7.45. The van der Waals surface area contributed by atoms with Crippen LogP contribution in [0.2, 0.25) is 0 Å². The first-order chi connectivity index (χ1) is 26.6. The van der Waals surface area contributed by atoms with E-state index >= 15 is 0 Å². The third-order valence-electron chi connectivity index (χ3n) is 10.5. The molecular weight excluding hydrogens is 742 g/mol. The lowest BCUT2D eigenvalue weighted by atomic mass is 9.77. The Bertz CT molecular complexity index is 2000. The van der Waals surface area contributed by atoms with Crippen LogP contribution >= 0.6 is 0 Å². The van der Waals surface area contributed by atoms with Crippen LogP contribution in [0.15, 0.2) is 97.5 Å². The van der Waals surface area contributed by atoms with E-state index in [-0.39, 0.29) is 59.9 Å². The highest BCUT2D eigenvalue weighted by Gasteiger charge is 2.71. The van der Waals surface area contributed by atoms with E-state index in [1.54, 1.807) is 42.5 Å². The second-order valence-electron chi connectivity index (χ2n) is 13.6. The Morgan fingerprint density at radius 3 is 2.02 bits per heavy atom. The number of urea groups is 1. The highest BCUT2D eigenvalue weighted by atomic mass is 19.4. The van der Waals surface area contributed by atoms with Gasteiger partial charge in [0.15, 0.2) is 5.76 Å². The van der Waals surface area contributed by atoms with Crippen molar-refractivity contribution in [1.82, 2.24) is 10.2 Å². The van der Waals surface area contributed by atoms with E-state index < -0.39 is 41.0 Å². The number of nitrogens with zero attached hydrogens (tertiary/aromatic N) is 1. The number of hydrogen-bond acceptors (Lipinski definition) is 6. The molecule has 0 aromatic heterocycles. The molecule has 2 N–H and O–H groups in total. The van der Waals surface area contributed by atoms with E-state index in [9.17, 15) is 41.0 Å². The fourth-order valence-corrected chi connectivity index (χ4v) is 7.45. The molecule has 56 heavy (non-hydrogen) atoms. The summed E-state index contributed by atoms with van der Waals surface area (Å²) in [6.45, 7) is 10.0. The summed E-state index contributed by atoms with van der Waals surface area (Å²) in [5.74, 6) is 0.377. The van der Waals surface area contributed by atoms with Gasteiger partial charge in [-0.05, 0) is 59.7 Å². The first-order valence-electron chi connectivity index (χ1n) is 18.0. The largest absolute Gasteiger partial charge is 0.492 e. The number of alkyl halides is 6. The predicted molar refractivity (Wildman–Crippen MR) is 198 cm³/mol. The predicted octanol–water partition coefficient (Wildman–Crippen LogP) is 9.31. The number of hydrogen-bond donors (Lipinski definition) is 2. The van der Waals surface area contributed by atoms with Gasteiger partial charge >= 0.3 is 18.4 Å². The van der Waals surface area contributed by atoms with Gasteiger partial charge in [0.1, 0.15) is 30.3 Å². The zero-order chi connectivity index (χ0) is 40.5. The lowest BCUT2D eigenvalue weighted by molar-refractivity contribution is -0.376. The highest BCUT2D eigenvalue weighted by Crippen LogP contribution is 2.53. The molecule has 3 aliphatic rings. The second-order valence-corrected chi connectivity index (χ2v) is 13.6. The summed E-state index contributed by atoms with van der Waals surface area (Å²) in [5, 5.41) is 13.5. The van der Waals surface area contributed by atoms with Crippen molar-refractivity contribution in [2.24, 2.45) is 5.92 Å². The lowest BCUT2D eigenvalue weighted by Gasteiger charge is -2.36. The molecule has 6 rings (SSSR count). The van der Waals surface area contributed by atoms with E-state index in [1.807, 2.05) is 13.0 Å². The van der Waals surface area contributed by atoms with E-state index in [0.29, 0.717) is 60.8 Å². The molecule has 1 saturated heterocycles. The van der Waals surface area contributed by atoms with E-state index in [2.05, 4.69) is 18.5 Å². The van der Waals surface area contributed by atoms with Crippen molar-refractivity contribution >= 4 is 24.1 Å². The van der Waals surface area contributed by atoms with Crippen LogP contribution in [0.5, 0.6) is 5.75 Å². The average Bonchev–Trinajstić information content (AvgIpc) is 3.44. The SMILES string of the molecule is C=Cc1ccccc1-c1cc(C(O)(C(F)(F)F)C(F)(F)F)cc(-c2ccccc2C=C)c1OCCCCN1C(=O)NC(CC)(C2C=CC3=C(C2)OCCO3)C1=O. The number of rotatable bonds is 13. The Morgan fingerprint density at radius 2 is 1.46 bits per heavy atom. The van der Waals surface area contributed by atoms with Gasteiger partial charge in [0, 0.05) is 35.6 Å². The van der Waals surface area contributed by atoms with E-state index in [4.69, 9.17) is 14.2 Å². The van der Waals surface area contributed by atoms with Crippen LogP contribution in [-0.2, 0) is 19.9 Å². The normalized spacial score (nSPS) is 19.9. The van der Waals surface area contributed by atoms with Crippen LogP contribution in [-0.4, -0.2) is 66.2 Å². The molecule has 1 fully saturated rings. The molecule has 3 aromatic carbocycles. The molecule has 2 aliphatic heterocycles. The Labute approximate surface area is 319 Å². The van der Waals surface area contributed by atoms with Crippen LogP contribution in [0.4, 0.5) is 31.1 Å². The van der Waals surface area contributed by atoms with Crippen LogP contribution in [0, 0.1) is 5.92 Å². The van der Waals surface area contributed by atoms with Gasteiger partial charge in [-0.2, -0.15) is 26.3 Å². The summed E-state index contributed by atoms with van der Waals surface area (Å²) in [7, 11) is 0. The number of carbonyl (C=O) groups is 2. The molecule has 1 aliphatic carbocycles. The van der Waals surface area contributed by atoms with Crippen LogP contribution in [0.1, 0.15) is 49.3 Å². The summed E-state index contributed by atoms with van der Waals surface area (Å²) in [5.41, 5.74) is -7.09. The molecule has 0 saturated carbocycles. The number of imide groups is 1. The number of nitrogens with one attached hydrogen (secondary N) is 1. The topological polar surface area (TPSA) is 97.3 Å². The van der Waals surface area contributed by atoms with Crippen LogP contribution in [0.3, 0.4) is 0 Å². The van der Waals surface area contributed by atoms with Gasteiger partial charge < -0.3 is 24.6 Å². The van der Waals surface area contributed by atoms with Crippen molar-refractivity contribution in [3.63, 3.8) is 0 Å². The molecule has 14 heteroatoms. The van der Waals surface area contributed by atoms with Crippen molar-refractivity contribution in [2.75, 3.05) is 26.4 Å². The van der Waals surface area contributed by atoms with Gasteiger partial charge in [-0.3, -0.25) is 9.69 Å². The molecule has 2 atom stereocenters. The quantitative estimate of drug-likeness (QED) is 0.102. The summed E-state index contributed by atoms with van der Waals surface area (Å²) in [6, 6.07) is 13.2. The molecule has 2 heterocycles. The maximum absolute atomic E-state index is 14.4. The van der Waals surface area contributed by atoms with Gasteiger partial charge in [0.25, 0.3) is 11.5 Å². The Morgan fingerprint density at radius 1 is 0.893 bits per heavy atom. The molecule has 3 amide bonds. The maximum Gasteiger partial charge on any atom is 0.430 e. The van der Waals surface area contributed by atoms with Crippen LogP contribution in [0.25, 0.3) is 34.4 Å². The van der Waals surface area contributed by atoms with E-state index in [0.717, 1.165) is 4.90 Å². The zero-order valence-electron chi connectivity index (χ0n) is 30.4. The van der Waals surface area contributed by atoms with Gasteiger partial charge in [-0.25, -0.2) is 4.79 Å². The number of aliphatic hydroxyl groups is 1. The smallest absolute Gasteiger partial charge is 0.430 e. The minimum absolute atomic E-state index is 0.0151. The molecule has 3 aromatic rings. The molecule has 296 valence electrons. The van der Waals surface area contributed by atoms with Crippen LogP contribution < -0.4 is 10.1 Å². The summed E-state index contributed by atoms with van der Waals surface area (Å²) >= 11 is 0. The van der Waals surface area contributed by atoms with Crippen molar-refractivity contribution < 1.29 is 55.2 Å². The second kappa shape index (κ2) is 15.6. The van der Waals surface area contributed by atoms with Crippen molar-refractivity contribution in [3.8, 4) is 28.0 Å². The first-order valence-corrected chi connectivity index (χ1v) is 18.0. The molecule has 8 nitrogen and oxygen atoms in total. The van der Waals surface area contributed by atoms with Crippen molar-refractivity contribution in [1.29, 1.82) is 0 Å². The molecular formula is C42H40F6N2O6. The average molecular weight is 783 g/mol. The number of carbonyl (C=O) groups excluding carboxylic acids is 2. The third-order valence-corrected chi connectivity index (χ3v) is 10.5. The Hall–Kier alpha value is -5.50. The Kier molecular flexibility index (Phi) is 11.2. The molecule has 2 unspecified atom stereocenters. The van der Waals surface area contributed by atoms with Crippen molar-refractivity contribution in [2.45, 2.75) is 56.1 Å². The first kappa shape index (κ1) is 40.2. The van der Waals surface area contributed by atoms with Gasteiger partial charge in [-0.1, -0.05) is 86.8 Å². The lowest BCUT2D eigenvalue weighted by Crippen LogP contribution is -2.54. The summed E-state index contributed by atoms with van der Waals surface area (Å²) < 4.78 is 104. The molecule has 0 bridgehead atoms. The summed E-state index contributed by atoms with van der Waals surface area (Å²) in [4.78, 5) is 28.2. The minimum Gasteiger partial charge on any atom is -0.492 e. The Balaban J connectivity index is 1.32. The monoisotopic (exact) mass is 782 g/mol. The number of benzene rings is 3. The van der Waals surface area contributed by atoms with Gasteiger partial charge in [0.2, 0.25) is 0 Å². The highest BCUT2D eigenvalue weighted by molar-refractivity contribution is 6.07. The number of ether oxygens (including phenoxy) is 3. The standard InChI is InChI=1S/C42H40F6N2O6/c1-4-26-13-7-9-15-30(26)32-23-29(40(53,41(43,44)45)42(46,47)48)24-33(31-16-10-8-14-27(31)5-2)36(32)56-20-12-11-19-50-37(51)39(6-3,49-38(50)52)28-17-18-34-35(25-28)55-22-21-54-34/h4-5,7-10,13-18,23-24,28,53H,1-2,6,11-12,19-22,25H2,3H3,(H,49,52). The summed E-state index contributed by atoms with van der Waals surface area (Å²) in [6.07, 6.45) is -4.77. The number of amides is 3. The zero-order valence-corrected chi connectivity index (χ0v) is 30.4. The van der Waals surface area contributed by atoms with E-state index in [1.165, 1.54) is 24.3 Å². The number of halogens is 6. The minimum atomic E-state index is -6.15. The van der Waals surface area contributed by atoms with Gasteiger partial charge in [-0.15, -0.1) is 0 Å². The number of allylic oxidation sites excluding steroid dienone is 2. The van der Waals surface area contributed by atoms with Crippen molar-refractivity contribution in [3.05, 3.63) is 114 Å².